The minimum Gasteiger partial charge on any atom is -0.480 e. The SMILES string of the molecule is CC(Oc1ccc(F)cc1F)c1nnc(SCc2cccc(Br)c2)n1C. The van der Waals surface area contributed by atoms with Crippen molar-refractivity contribution in [1.82, 2.24) is 14.8 Å². The second-order valence-electron chi connectivity index (χ2n) is 5.65. The summed E-state index contributed by atoms with van der Waals surface area (Å²) in [6.45, 7) is 1.75. The zero-order chi connectivity index (χ0) is 18.7. The van der Waals surface area contributed by atoms with Gasteiger partial charge in [-0.15, -0.1) is 10.2 Å². The predicted molar refractivity (Wildman–Crippen MR) is 100 cm³/mol. The van der Waals surface area contributed by atoms with E-state index in [9.17, 15) is 8.78 Å². The van der Waals surface area contributed by atoms with Gasteiger partial charge in [-0.05, 0) is 36.8 Å². The van der Waals surface area contributed by atoms with Gasteiger partial charge >= 0.3 is 0 Å². The van der Waals surface area contributed by atoms with Crippen molar-refractivity contribution in [3.63, 3.8) is 0 Å². The van der Waals surface area contributed by atoms with Gasteiger partial charge < -0.3 is 9.30 Å². The fourth-order valence-electron chi connectivity index (χ4n) is 2.39. The maximum absolute atomic E-state index is 13.8. The van der Waals surface area contributed by atoms with Gasteiger partial charge in [-0.3, -0.25) is 0 Å². The highest BCUT2D eigenvalue weighted by molar-refractivity contribution is 9.10. The van der Waals surface area contributed by atoms with Crippen LogP contribution in [0.2, 0.25) is 0 Å². The first-order chi connectivity index (χ1) is 12.4. The molecule has 4 nitrogen and oxygen atoms in total. The Morgan fingerprint density at radius 1 is 1.19 bits per heavy atom. The summed E-state index contributed by atoms with van der Waals surface area (Å²) < 4.78 is 35.2. The summed E-state index contributed by atoms with van der Waals surface area (Å²) in [6.07, 6.45) is -0.535. The van der Waals surface area contributed by atoms with E-state index in [-0.39, 0.29) is 5.75 Å². The molecule has 0 aliphatic rings. The Morgan fingerprint density at radius 3 is 2.73 bits per heavy atom. The van der Waals surface area contributed by atoms with Gasteiger partial charge in [0.15, 0.2) is 28.7 Å². The van der Waals surface area contributed by atoms with Crippen LogP contribution in [0.25, 0.3) is 0 Å². The van der Waals surface area contributed by atoms with Gasteiger partial charge in [0.25, 0.3) is 0 Å². The third kappa shape index (κ3) is 4.42. The van der Waals surface area contributed by atoms with Gasteiger partial charge in [0, 0.05) is 23.3 Å². The van der Waals surface area contributed by atoms with E-state index in [1.807, 2.05) is 35.9 Å². The molecule has 1 heterocycles. The minimum atomic E-state index is -0.747. The van der Waals surface area contributed by atoms with Gasteiger partial charge in [0.1, 0.15) is 5.82 Å². The van der Waals surface area contributed by atoms with Gasteiger partial charge in [-0.25, -0.2) is 8.78 Å². The van der Waals surface area contributed by atoms with Gasteiger partial charge in [0.2, 0.25) is 0 Å². The Hall–Kier alpha value is -1.93. The van der Waals surface area contributed by atoms with E-state index < -0.39 is 17.7 Å². The highest BCUT2D eigenvalue weighted by Crippen LogP contribution is 2.27. The van der Waals surface area contributed by atoms with Crippen LogP contribution in [0.4, 0.5) is 8.78 Å². The van der Waals surface area contributed by atoms with Crippen LogP contribution >= 0.6 is 27.7 Å². The monoisotopic (exact) mass is 439 g/mol. The third-order valence-electron chi connectivity index (χ3n) is 3.69. The molecule has 1 atom stereocenters. The Bertz CT molecular complexity index is 919. The average molecular weight is 440 g/mol. The number of hydrogen-bond donors (Lipinski definition) is 0. The number of halogens is 3. The lowest BCUT2D eigenvalue weighted by molar-refractivity contribution is 0.201. The lowest BCUT2D eigenvalue weighted by Crippen LogP contribution is -2.10. The number of rotatable bonds is 6. The summed E-state index contributed by atoms with van der Waals surface area (Å²) in [4.78, 5) is 0. The molecule has 26 heavy (non-hydrogen) atoms. The van der Waals surface area contributed by atoms with E-state index in [4.69, 9.17) is 4.74 Å². The average Bonchev–Trinajstić information content (AvgIpc) is 2.96. The molecule has 0 amide bonds. The first-order valence-corrected chi connectivity index (χ1v) is 9.60. The summed E-state index contributed by atoms with van der Waals surface area (Å²) in [5, 5.41) is 9.06. The molecule has 0 aliphatic heterocycles. The highest BCUT2D eigenvalue weighted by Gasteiger charge is 2.19. The highest BCUT2D eigenvalue weighted by atomic mass is 79.9. The Morgan fingerprint density at radius 2 is 2.00 bits per heavy atom. The normalized spacial score (nSPS) is 12.2. The van der Waals surface area contributed by atoms with E-state index in [0.717, 1.165) is 33.1 Å². The van der Waals surface area contributed by atoms with Crippen LogP contribution < -0.4 is 4.74 Å². The fraction of sp³-hybridized carbons (Fsp3) is 0.222. The first kappa shape index (κ1) is 18.8. The zero-order valence-electron chi connectivity index (χ0n) is 14.1. The van der Waals surface area contributed by atoms with Crippen molar-refractivity contribution in [2.45, 2.75) is 23.9 Å². The van der Waals surface area contributed by atoms with Crippen LogP contribution in [-0.4, -0.2) is 14.8 Å². The van der Waals surface area contributed by atoms with Gasteiger partial charge in [-0.1, -0.05) is 39.8 Å². The molecule has 0 saturated heterocycles. The van der Waals surface area contributed by atoms with Crippen LogP contribution in [0.3, 0.4) is 0 Å². The van der Waals surface area contributed by atoms with E-state index in [2.05, 4.69) is 26.1 Å². The molecule has 0 saturated carbocycles. The fourth-order valence-corrected chi connectivity index (χ4v) is 3.70. The van der Waals surface area contributed by atoms with Crippen LogP contribution in [-0.2, 0) is 12.8 Å². The molecular weight excluding hydrogens is 424 g/mol. The van der Waals surface area contributed by atoms with E-state index in [1.165, 1.54) is 6.07 Å². The number of benzene rings is 2. The molecule has 1 unspecified atom stereocenters. The van der Waals surface area contributed by atoms with Gasteiger partial charge in [0.05, 0.1) is 0 Å². The Kier molecular flexibility index (Phi) is 5.93. The summed E-state index contributed by atoms with van der Waals surface area (Å²) in [5.74, 6) is -0.112. The molecule has 0 radical (unpaired) electrons. The smallest absolute Gasteiger partial charge is 0.191 e. The van der Waals surface area contributed by atoms with E-state index >= 15 is 0 Å². The maximum atomic E-state index is 13.8. The number of ether oxygens (including phenoxy) is 1. The summed E-state index contributed by atoms with van der Waals surface area (Å²) in [6, 6.07) is 11.3. The van der Waals surface area contributed by atoms with Crippen molar-refractivity contribution in [1.29, 1.82) is 0 Å². The first-order valence-electron chi connectivity index (χ1n) is 7.82. The van der Waals surface area contributed by atoms with E-state index in [0.29, 0.717) is 5.82 Å². The van der Waals surface area contributed by atoms with Crippen molar-refractivity contribution < 1.29 is 13.5 Å². The summed E-state index contributed by atoms with van der Waals surface area (Å²) in [5.41, 5.74) is 1.16. The summed E-state index contributed by atoms with van der Waals surface area (Å²) in [7, 11) is 1.83. The van der Waals surface area contributed by atoms with Crippen LogP contribution in [0.1, 0.15) is 24.4 Å². The molecule has 0 fully saturated rings. The van der Waals surface area contributed by atoms with Crippen molar-refractivity contribution in [2.24, 2.45) is 7.05 Å². The van der Waals surface area contributed by atoms with Gasteiger partial charge in [-0.2, -0.15) is 0 Å². The standard InChI is InChI=1S/C18H16BrF2N3OS/c1-11(25-16-7-6-14(20)9-15(16)21)17-22-23-18(24(17)2)26-10-12-4-3-5-13(19)8-12/h3-9,11H,10H2,1-2H3. The largest absolute Gasteiger partial charge is 0.480 e. The quantitative estimate of drug-likeness (QED) is 0.489. The van der Waals surface area contributed by atoms with Crippen LogP contribution in [0.5, 0.6) is 5.75 Å². The van der Waals surface area contributed by atoms with Crippen LogP contribution in [0.15, 0.2) is 52.1 Å². The molecular formula is C18H16BrF2N3OS. The lowest BCUT2D eigenvalue weighted by Gasteiger charge is -2.14. The molecule has 0 N–H and O–H groups in total. The molecule has 3 aromatic rings. The molecule has 2 aromatic carbocycles. The van der Waals surface area contributed by atoms with Crippen molar-refractivity contribution in [3.05, 3.63) is 70.0 Å². The number of hydrogen-bond acceptors (Lipinski definition) is 4. The molecule has 0 aliphatic carbocycles. The van der Waals surface area contributed by atoms with Crippen molar-refractivity contribution >= 4 is 27.7 Å². The topological polar surface area (TPSA) is 39.9 Å². The van der Waals surface area contributed by atoms with E-state index in [1.54, 1.807) is 18.7 Å². The summed E-state index contributed by atoms with van der Waals surface area (Å²) >= 11 is 5.00. The third-order valence-corrected chi connectivity index (χ3v) is 5.27. The second-order valence-corrected chi connectivity index (χ2v) is 7.51. The minimum absolute atomic E-state index is 0.0229. The number of thioether (sulfide) groups is 1. The Labute approximate surface area is 162 Å². The molecule has 8 heteroatoms. The molecule has 136 valence electrons. The second kappa shape index (κ2) is 8.18. The molecule has 0 spiro atoms. The molecule has 3 rings (SSSR count). The maximum Gasteiger partial charge on any atom is 0.191 e. The van der Waals surface area contributed by atoms with Crippen LogP contribution in [0, 0.1) is 11.6 Å². The molecule has 1 aromatic heterocycles. The lowest BCUT2D eigenvalue weighted by atomic mass is 10.2. The molecule has 0 bridgehead atoms. The van der Waals surface area contributed by atoms with Crippen molar-refractivity contribution in [2.75, 3.05) is 0 Å². The number of nitrogens with zero attached hydrogens (tertiary/aromatic N) is 3. The number of aromatic nitrogens is 3. The Balaban J connectivity index is 1.69. The predicted octanol–water partition coefficient (Wildman–Crippen LogP) is 5.29. The van der Waals surface area contributed by atoms with Crippen molar-refractivity contribution in [3.8, 4) is 5.75 Å². The zero-order valence-corrected chi connectivity index (χ0v) is 16.5.